The molecule has 3 aromatic rings. The Labute approximate surface area is 206 Å². The van der Waals surface area contributed by atoms with Crippen molar-refractivity contribution in [1.29, 1.82) is 0 Å². The van der Waals surface area contributed by atoms with Crippen LogP contribution >= 0.6 is 0 Å². The Morgan fingerprint density at radius 1 is 1.06 bits per heavy atom. The number of fused-ring (bicyclic) bond motifs is 1. The number of nitrogens with two attached hydrogens (primary N) is 1. The van der Waals surface area contributed by atoms with Crippen molar-refractivity contribution in [3.05, 3.63) is 94.8 Å². The van der Waals surface area contributed by atoms with Crippen LogP contribution in [-0.4, -0.2) is 42.5 Å². The number of aromatic nitrogens is 2. The van der Waals surface area contributed by atoms with Gasteiger partial charge in [-0.1, -0.05) is 66.2 Å². The topological polar surface area (TPSA) is 76.6 Å². The van der Waals surface area contributed by atoms with Gasteiger partial charge >= 0.3 is 0 Å². The zero-order chi connectivity index (χ0) is 24.4. The van der Waals surface area contributed by atoms with Crippen LogP contribution in [0.15, 0.2) is 66.3 Å². The number of allylic oxidation sites excluding steroid dienone is 3. The molecule has 1 aromatic heterocycles. The number of hydrogen-bond donors (Lipinski definition) is 1. The van der Waals surface area contributed by atoms with Gasteiger partial charge in [-0.25, -0.2) is 9.98 Å². The summed E-state index contributed by atoms with van der Waals surface area (Å²) in [6, 6.07) is 16.6. The molecule has 0 saturated carbocycles. The molecule has 6 heteroatoms. The third-order valence-corrected chi connectivity index (χ3v) is 6.30. The first-order valence-corrected chi connectivity index (χ1v) is 11.8. The second-order valence-electron chi connectivity index (χ2n) is 8.86. The minimum absolute atomic E-state index is 0.395. The molecule has 0 atom stereocenters. The molecule has 6 nitrogen and oxygen atoms in total. The third-order valence-electron chi connectivity index (χ3n) is 6.30. The van der Waals surface area contributed by atoms with Crippen molar-refractivity contribution in [3.8, 4) is 0 Å². The van der Waals surface area contributed by atoms with Gasteiger partial charge < -0.3 is 15.4 Å². The number of nitrogens with zero attached hydrogens (tertiary/aromatic N) is 4. The normalized spacial score (nSPS) is 16.1. The summed E-state index contributed by atoms with van der Waals surface area (Å²) in [7, 11) is 0. The van der Waals surface area contributed by atoms with Crippen LogP contribution in [0.4, 0.5) is 11.8 Å². The van der Waals surface area contributed by atoms with E-state index < -0.39 is 0 Å². The monoisotopic (exact) mass is 463 g/mol. The zero-order valence-corrected chi connectivity index (χ0v) is 20.2. The van der Waals surface area contributed by atoms with Gasteiger partial charge in [0.05, 0.1) is 24.5 Å². The molecule has 176 valence electrons. The maximum absolute atomic E-state index is 5.93. The van der Waals surface area contributed by atoms with E-state index in [2.05, 4.69) is 72.8 Å². The fourth-order valence-electron chi connectivity index (χ4n) is 4.50. The smallest absolute Gasteiger partial charge is 0.251 e. The Hall–Kier alpha value is -4.03. The first-order valence-electron chi connectivity index (χ1n) is 11.8. The van der Waals surface area contributed by atoms with Crippen LogP contribution in [0, 0.1) is 13.8 Å². The molecule has 5 rings (SSSR count). The summed E-state index contributed by atoms with van der Waals surface area (Å²) in [4.78, 5) is 16.6. The molecular weight excluding hydrogens is 434 g/mol. The third kappa shape index (κ3) is 4.66. The van der Waals surface area contributed by atoms with Gasteiger partial charge in [-0.05, 0) is 42.2 Å². The van der Waals surface area contributed by atoms with Crippen molar-refractivity contribution < 1.29 is 4.74 Å². The first kappa shape index (κ1) is 22.7. The molecule has 1 aliphatic heterocycles. The Balaban J connectivity index is 1.56. The van der Waals surface area contributed by atoms with Gasteiger partial charge in [-0.2, -0.15) is 4.98 Å². The van der Waals surface area contributed by atoms with Gasteiger partial charge in [0.25, 0.3) is 5.95 Å². The van der Waals surface area contributed by atoms with Gasteiger partial charge in [-0.15, -0.1) is 0 Å². The van der Waals surface area contributed by atoms with Crippen LogP contribution in [0.1, 0.15) is 33.5 Å². The number of morpholine rings is 1. The van der Waals surface area contributed by atoms with E-state index in [9.17, 15) is 0 Å². The van der Waals surface area contributed by atoms with Crippen LogP contribution in [0.25, 0.3) is 22.8 Å². The van der Waals surface area contributed by atoms with Crippen LogP contribution in [0.5, 0.6) is 0 Å². The van der Waals surface area contributed by atoms with Gasteiger partial charge in [0, 0.05) is 31.1 Å². The van der Waals surface area contributed by atoms with Crippen LogP contribution in [-0.2, 0) is 4.74 Å². The van der Waals surface area contributed by atoms with E-state index in [-0.39, 0.29) is 0 Å². The van der Waals surface area contributed by atoms with Crippen molar-refractivity contribution >= 4 is 40.8 Å². The average molecular weight is 464 g/mol. The molecule has 2 aliphatic rings. The standard InChI is InChI=1S/C29H29N5O/c1-19-6-4-8-22(14-19)24(17-30)18-31-29-32-26-16-25(23-9-5-7-20(2)15-23)21(3)27(26)28(33-29)34-10-12-35-13-11-34/h4-9,14-18H,3,10-13,30H2,1-2H3/b24-17+,31-18+. The molecule has 2 heterocycles. The van der Waals surface area contributed by atoms with E-state index in [1.165, 1.54) is 5.56 Å². The van der Waals surface area contributed by atoms with E-state index in [4.69, 9.17) is 20.4 Å². The number of hydrogen-bond acceptors (Lipinski definition) is 6. The minimum Gasteiger partial charge on any atom is -0.404 e. The lowest BCUT2D eigenvalue weighted by atomic mass is 9.98. The van der Waals surface area contributed by atoms with Crippen molar-refractivity contribution in [2.75, 3.05) is 31.2 Å². The summed E-state index contributed by atoms with van der Waals surface area (Å²) in [6.07, 6.45) is 5.39. The summed E-state index contributed by atoms with van der Waals surface area (Å²) in [5.74, 6) is 1.25. The SMILES string of the molecule is C=C1C(c2cccc(C)c2)=Cc2nc(/N=C/C(=C\N)c3cccc(C)c3)nc(N3CCOCC3)c21. The molecule has 0 spiro atoms. The largest absolute Gasteiger partial charge is 0.404 e. The van der Waals surface area contributed by atoms with Crippen LogP contribution in [0.3, 0.4) is 0 Å². The van der Waals surface area contributed by atoms with Crippen LogP contribution < -0.4 is 10.6 Å². The van der Waals surface area contributed by atoms with Crippen molar-refractivity contribution in [2.24, 2.45) is 10.7 Å². The van der Waals surface area contributed by atoms with Crippen molar-refractivity contribution in [2.45, 2.75) is 13.8 Å². The van der Waals surface area contributed by atoms with E-state index >= 15 is 0 Å². The van der Waals surface area contributed by atoms with E-state index in [0.717, 1.165) is 63.6 Å². The quantitative estimate of drug-likeness (QED) is 0.527. The predicted molar refractivity (Wildman–Crippen MR) is 145 cm³/mol. The minimum atomic E-state index is 0.395. The molecular formula is C29H29N5O. The highest BCUT2D eigenvalue weighted by molar-refractivity contribution is 6.18. The van der Waals surface area contributed by atoms with E-state index in [1.54, 1.807) is 12.4 Å². The number of aryl methyl sites for hydroxylation is 2. The molecule has 0 radical (unpaired) electrons. The lowest BCUT2D eigenvalue weighted by Crippen LogP contribution is -2.37. The summed E-state index contributed by atoms with van der Waals surface area (Å²) in [5.41, 5.74) is 15.0. The molecule has 1 fully saturated rings. The zero-order valence-electron chi connectivity index (χ0n) is 20.2. The van der Waals surface area contributed by atoms with Gasteiger partial charge in [0.1, 0.15) is 5.82 Å². The summed E-state index contributed by atoms with van der Waals surface area (Å²) >= 11 is 0. The summed E-state index contributed by atoms with van der Waals surface area (Å²) < 4.78 is 5.58. The molecule has 1 aliphatic carbocycles. The molecule has 35 heavy (non-hydrogen) atoms. The number of rotatable bonds is 5. The van der Waals surface area contributed by atoms with Crippen molar-refractivity contribution in [3.63, 3.8) is 0 Å². The lowest BCUT2D eigenvalue weighted by Gasteiger charge is -2.29. The fraction of sp³-hybridized carbons (Fsp3) is 0.207. The highest BCUT2D eigenvalue weighted by Crippen LogP contribution is 2.44. The maximum atomic E-state index is 5.93. The van der Waals surface area contributed by atoms with Gasteiger partial charge in [-0.3, -0.25) is 0 Å². The average Bonchev–Trinajstić information content (AvgIpc) is 3.21. The highest BCUT2D eigenvalue weighted by Gasteiger charge is 2.28. The first-order chi connectivity index (χ1) is 17.0. The summed E-state index contributed by atoms with van der Waals surface area (Å²) in [5, 5.41) is 0. The number of anilines is 1. The second-order valence-corrected chi connectivity index (χ2v) is 8.86. The molecule has 1 saturated heterocycles. The van der Waals surface area contributed by atoms with Gasteiger partial charge in [0.2, 0.25) is 0 Å². The molecule has 2 aromatic carbocycles. The lowest BCUT2D eigenvalue weighted by molar-refractivity contribution is 0.122. The number of ether oxygens (including phenoxy) is 1. The van der Waals surface area contributed by atoms with Crippen LogP contribution in [0.2, 0.25) is 0 Å². The predicted octanol–water partition coefficient (Wildman–Crippen LogP) is 5.20. The highest BCUT2D eigenvalue weighted by atomic mass is 16.5. The maximum Gasteiger partial charge on any atom is 0.251 e. The molecule has 2 N–H and O–H groups in total. The van der Waals surface area contributed by atoms with Crippen molar-refractivity contribution in [1.82, 2.24) is 9.97 Å². The Morgan fingerprint density at radius 3 is 2.51 bits per heavy atom. The molecule has 0 unspecified atom stereocenters. The van der Waals surface area contributed by atoms with E-state index in [1.807, 2.05) is 12.1 Å². The number of aliphatic imine (C=N–C) groups is 1. The Kier molecular flexibility index (Phi) is 6.29. The summed E-state index contributed by atoms with van der Waals surface area (Å²) in [6.45, 7) is 11.4. The second kappa shape index (κ2) is 9.68. The Morgan fingerprint density at radius 2 is 1.80 bits per heavy atom. The van der Waals surface area contributed by atoms with E-state index in [0.29, 0.717) is 19.2 Å². The molecule has 0 bridgehead atoms. The Bertz CT molecular complexity index is 1380. The number of benzene rings is 2. The van der Waals surface area contributed by atoms with Gasteiger partial charge in [0.15, 0.2) is 0 Å². The molecule has 0 amide bonds. The fourth-order valence-corrected chi connectivity index (χ4v) is 4.50.